The van der Waals surface area contributed by atoms with Crippen LogP contribution in [0.3, 0.4) is 0 Å². The molecule has 17 heavy (non-hydrogen) atoms. The number of hydrogen-bond donors (Lipinski definition) is 2. The lowest BCUT2D eigenvalue weighted by Gasteiger charge is -2.10. The number of benzene rings is 1. The van der Waals surface area contributed by atoms with Gasteiger partial charge in [0.05, 0.1) is 0 Å². The van der Waals surface area contributed by atoms with Crippen molar-refractivity contribution in [3.05, 3.63) is 29.8 Å². The van der Waals surface area contributed by atoms with E-state index in [1.54, 1.807) is 0 Å². The first kappa shape index (κ1) is 13.4. The zero-order valence-corrected chi connectivity index (χ0v) is 10.6. The topological polar surface area (TPSA) is 50.4 Å². The fraction of sp³-hybridized carbons (Fsp3) is 0.462. The van der Waals surface area contributed by atoms with Gasteiger partial charge in [-0.2, -0.15) is 0 Å². The minimum Gasteiger partial charge on any atom is -0.473 e. The van der Waals surface area contributed by atoms with Crippen LogP contribution in [0.25, 0.3) is 0 Å². The Morgan fingerprint density at radius 2 is 1.88 bits per heavy atom. The van der Waals surface area contributed by atoms with E-state index in [0.717, 1.165) is 5.75 Å². The number of aryl methyl sites for hydroxylation is 1. The predicted molar refractivity (Wildman–Crippen MR) is 68.0 cm³/mol. The van der Waals surface area contributed by atoms with Crippen molar-refractivity contribution in [2.24, 2.45) is 5.92 Å². The van der Waals surface area contributed by atoms with Gasteiger partial charge in [-0.05, 0) is 25.0 Å². The van der Waals surface area contributed by atoms with E-state index in [4.69, 9.17) is 4.74 Å². The Labute approximate surface area is 102 Å². The number of ether oxygens (including phenoxy) is 1. The van der Waals surface area contributed by atoms with E-state index in [0.29, 0.717) is 12.5 Å². The van der Waals surface area contributed by atoms with Gasteiger partial charge in [0.1, 0.15) is 5.75 Å². The SMILES string of the molecule is Cc1ccc(OCNC(=O)NCC(C)C)cc1. The van der Waals surface area contributed by atoms with Crippen molar-refractivity contribution in [3.8, 4) is 5.75 Å². The molecule has 1 aromatic carbocycles. The molecule has 1 rings (SSSR count). The molecule has 0 bridgehead atoms. The molecule has 1 aromatic rings. The number of rotatable bonds is 5. The number of amides is 2. The van der Waals surface area contributed by atoms with Gasteiger partial charge in [-0.3, -0.25) is 0 Å². The summed E-state index contributed by atoms with van der Waals surface area (Å²) < 4.78 is 5.37. The Morgan fingerprint density at radius 1 is 1.24 bits per heavy atom. The minimum absolute atomic E-state index is 0.174. The second kappa shape index (κ2) is 6.78. The summed E-state index contributed by atoms with van der Waals surface area (Å²) in [6.07, 6.45) is 0. The first-order valence-corrected chi connectivity index (χ1v) is 5.79. The third-order valence-electron chi connectivity index (χ3n) is 2.16. The largest absolute Gasteiger partial charge is 0.473 e. The third-order valence-corrected chi connectivity index (χ3v) is 2.16. The molecular weight excluding hydrogens is 216 g/mol. The summed E-state index contributed by atoms with van der Waals surface area (Å²) in [6.45, 7) is 6.94. The summed E-state index contributed by atoms with van der Waals surface area (Å²) in [6, 6.07) is 7.49. The molecule has 0 fully saturated rings. The van der Waals surface area contributed by atoms with Gasteiger partial charge in [0, 0.05) is 6.54 Å². The molecule has 4 nitrogen and oxygen atoms in total. The van der Waals surface area contributed by atoms with Gasteiger partial charge in [0.2, 0.25) is 0 Å². The van der Waals surface area contributed by atoms with Crippen LogP contribution in [-0.4, -0.2) is 19.3 Å². The molecular formula is C13H20N2O2. The normalized spacial score (nSPS) is 10.1. The highest BCUT2D eigenvalue weighted by Crippen LogP contribution is 2.10. The second-order valence-corrected chi connectivity index (χ2v) is 4.38. The molecule has 0 aromatic heterocycles. The molecule has 0 heterocycles. The quantitative estimate of drug-likeness (QED) is 0.771. The van der Waals surface area contributed by atoms with E-state index in [1.165, 1.54) is 5.56 Å². The van der Waals surface area contributed by atoms with E-state index in [2.05, 4.69) is 10.6 Å². The molecule has 0 saturated carbocycles. The summed E-state index contributed by atoms with van der Waals surface area (Å²) >= 11 is 0. The summed E-state index contributed by atoms with van der Waals surface area (Å²) in [4.78, 5) is 11.3. The summed E-state index contributed by atoms with van der Waals surface area (Å²) in [5.74, 6) is 1.19. The Hall–Kier alpha value is -1.71. The van der Waals surface area contributed by atoms with Crippen LogP contribution in [0.1, 0.15) is 19.4 Å². The first-order valence-electron chi connectivity index (χ1n) is 5.79. The fourth-order valence-electron chi connectivity index (χ4n) is 1.18. The van der Waals surface area contributed by atoms with Gasteiger partial charge in [0.25, 0.3) is 0 Å². The third kappa shape index (κ3) is 5.80. The van der Waals surface area contributed by atoms with Crippen LogP contribution in [-0.2, 0) is 0 Å². The van der Waals surface area contributed by atoms with E-state index >= 15 is 0 Å². The zero-order valence-electron chi connectivity index (χ0n) is 10.6. The number of urea groups is 1. The van der Waals surface area contributed by atoms with Crippen molar-refractivity contribution in [2.45, 2.75) is 20.8 Å². The number of hydrogen-bond acceptors (Lipinski definition) is 2. The number of carbonyl (C=O) groups excluding carboxylic acids is 1. The minimum atomic E-state index is -0.203. The van der Waals surface area contributed by atoms with Crippen molar-refractivity contribution in [1.82, 2.24) is 10.6 Å². The van der Waals surface area contributed by atoms with Crippen molar-refractivity contribution < 1.29 is 9.53 Å². The molecule has 2 amide bonds. The molecule has 0 saturated heterocycles. The van der Waals surface area contributed by atoms with Crippen molar-refractivity contribution in [1.29, 1.82) is 0 Å². The van der Waals surface area contributed by atoms with Gasteiger partial charge >= 0.3 is 6.03 Å². The maximum absolute atomic E-state index is 11.3. The van der Waals surface area contributed by atoms with Crippen LogP contribution in [0.4, 0.5) is 4.79 Å². The van der Waals surface area contributed by atoms with Crippen LogP contribution in [0.5, 0.6) is 5.75 Å². The molecule has 0 radical (unpaired) electrons. The van der Waals surface area contributed by atoms with Gasteiger partial charge in [-0.25, -0.2) is 4.79 Å². The van der Waals surface area contributed by atoms with Crippen LogP contribution in [0.15, 0.2) is 24.3 Å². The Kier molecular flexibility index (Phi) is 5.33. The average Bonchev–Trinajstić information content (AvgIpc) is 2.29. The Bertz CT molecular complexity index is 347. The van der Waals surface area contributed by atoms with E-state index in [-0.39, 0.29) is 12.8 Å². The Balaban J connectivity index is 2.19. The second-order valence-electron chi connectivity index (χ2n) is 4.38. The maximum atomic E-state index is 11.3. The van der Waals surface area contributed by atoms with Gasteiger partial charge in [-0.1, -0.05) is 31.5 Å². The van der Waals surface area contributed by atoms with Crippen molar-refractivity contribution in [3.63, 3.8) is 0 Å². The highest BCUT2D eigenvalue weighted by atomic mass is 16.5. The molecule has 0 unspecified atom stereocenters. The lowest BCUT2D eigenvalue weighted by molar-refractivity contribution is 0.223. The number of carbonyl (C=O) groups is 1. The van der Waals surface area contributed by atoms with Gasteiger partial charge in [-0.15, -0.1) is 0 Å². The van der Waals surface area contributed by atoms with Crippen molar-refractivity contribution >= 4 is 6.03 Å². The van der Waals surface area contributed by atoms with Crippen LogP contribution in [0.2, 0.25) is 0 Å². The van der Waals surface area contributed by atoms with Crippen LogP contribution in [0, 0.1) is 12.8 Å². The lowest BCUT2D eigenvalue weighted by atomic mass is 10.2. The molecule has 0 spiro atoms. The standard InChI is InChI=1S/C13H20N2O2/c1-10(2)8-14-13(16)15-9-17-12-6-4-11(3)5-7-12/h4-7,10H,8-9H2,1-3H3,(H2,14,15,16). The molecule has 4 heteroatoms. The lowest BCUT2D eigenvalue weighted by Crippen LogP contribution is -2.39. The van der Waals surface area contributed by atoms with Crippen LogP contribution >= 0.6 is 0 Å². The first-order chi connectivity index (χ1) is 8.08. The maximum Gasteiger partial charge on any atom is 0.317 e. The zero-order chi connectivity index (χ0) is 12.7. The van der Waals surface area contributed by atoms with Crippen molar-refractivity contribution in [2.75, 3.05) is 13.3 Å². The molecule has 2 N–H and O–H groups in total. The highest BCUT2D eigenvalue weighted by Gasteiger charge is 2.00. The van der Waals surface area contributed by atoms with Gasteiger partial charge < -0.3 is 15.4 Å². The summed E-state index contributed by atoms with van der Waals surface area (Å²) in [5, 5.41) is 5.38. The fourth-order valence-corrected chi connectivity index (χ4v) is 1.18. The predicted octanol–water partition coefficient (Wildman–Crippen LogP) is 2.29. The number of nitrogens with one attached hydrogen (secondary N) is 2. The smallest absolute Gasteiger partial charge is 0.317 e. The monoisotopic (exact) mass is 236 g/mol. The van der Waals surface area contributed by atoms with Crippen LogP contribution < -0.4 is 15.4 Å². The molecule has 0 aliphatic heterocycles. The Morgan fingerprint density at radius 3 is 2.47 bits per heavy atom. The highest BCUT2D eigenvalue weighted by molar-refractivity contribution is 5.73. The van der Waals surface area contributed by atoms with E-state index in [1.807, 2.05) is 45.0 Å². The average molecular weight is 236 g/mol. The summed E-state index contributed by atoms with van der Waals surface area (Å²) in [7, 11) is 0. The summed E-state index contributed by atoms with van der Waals surface area (Å²) in [5.41, 5.74) is 1.18. The van der Waals surface area contributed by atoms with E-state index in [9.17, 15) is 4.79 Å². The molecule has 0 aliphatic rings. The molecule has 0 atom stereocenters. The van der Waals surface area contributed by atoms with E-state index < -0.39 is 0 Å². The van der Waals surface area contributed by atoms with Gasteiger partial charge in [0.15, 0.2) is 6.73 Å². The molecule has 94 valence electrons. The molecule has 0 aliphatic carbocycles.